The molecule has 1 aliphatic carbocycles. The summed E-state index contributed by atoms with van der Waals surface area (Å²) in [5.74, 6) is 1.71. The molecule has 0 saturated heterocycles. The smallest absolute Gasteiger partial charge is 0.282 e. The highest BCUT2D eigenvalue weighted by molar-refractivity contribution is 9.10. The highest BCUT2D eigenvalue weighted by atomic mass is 79.9. The molecule has 162 valence electrons. The summed E-state index contributed by atoms with van der Waals surface area (Å²) in [4.78, 5) is 18.3. The molecule has 3 aromatic rings. The fourth-order valence-electron chi connectivity index (χ4n) is 4.00. The Hall–Kier alpha value is -1.99. The first-order valence-corrected chi connectivity index (χ1v) is 12.2. The molecular weight excluding hydrogens is 522 g/mol. The molecule has 1 saturated carbocycles. The highest BCUT2D eigenvalue weighted by Crippen LogP contribution is 2.32. The minimum atomic E-state index is -0.149. The van der Waals surface area contributed by atoms with Crippen LogP contribution in [0.3, 0.4) is 0 Å². The Balaban J connectivity index is 1.85. The number of fused-ring (bicyclic) bond motifs is 1. The lowest BCUT2D eigenvalue weighted by Crippen LogP contribution is -2.25. The maximum absolute atomic E-state index is 13.4. The first-order chi connectivity index (χ1) is 14.9. The Labute approximate surface area is 198 Å². The summed E-state index contributed by atoms with van der Waals surface area (Å²) >= 11 is 6.98. The average Bonchev–Trinajstić information content (AvgIpc) is 2.75. The summed E-state index contributed by atoms with van der Waals surface area (Å²) in [6.07, 6.45) is 7.33. The van der Waals surface area contributed by atoms with Gasteiger partial charge in [-0.3, -0.25) is 4.79 Å². The van der Waals surface area contributed by atoms with Gasteiger partial charge < -0.3 is 4.74 Å². The van der Waals surface area contributed by atoms with Crippen LogP contribution in [0.25, 0.3) is 10.9 Å². The lowest BCUT2D eigenvalue weighted by molar-refractivity contribution is 0.242. The van der Waals surface area contributed by atoms with E-state index in [1.54, 1.807) is 6.21 Å². The lowest BCUT2D eigenvalue weighted by atomic mass is 9.88. The molecule has 1 aromatic heterocycles. The second kappa shape index (κ2) is 9.65. The molecule has 4 rings (SSSR count). The van der Waals surface area contributed by atoms with Gasteiger partial charge in [0.25, 0.3) is 5.56 Å². The average molecular weight is 547 g/mol. The predicted octanol–water partition coefficient (Wildman–Crippen LogP) is 6.64. The van der Waals surface area contributed by atoms with Crippen LogP contribution >= 0.6 is 31.9 Å². The lowest BCUT2D eigenvalue weighted by Gasteiger charge is -2.22. The molecule has 0 radical (unpaired) electrons. The van der Waals surface area contributed by atoms with Gasteiger partial charge in [-0.05, 0) is 63.1 Å². The van der Waals surface area contributed by atoms with E-state index in [9.17, 15) is 4.79 Å². The highest BCUT2D eigenvalue weighted by Gasteiger charge is 2.22. The van der Waals surface area contributed by atoms with Gasteiger partial charge in [0.05, 0.1) is 23.2 Å². The Morgan fingerprint density at radius 1 is 1.10 bits per heavy atom. The molecule has 5 nitrogen and oxygen atoms in total. The summed E-state index contributed by atoms with van der Waals surface area (Å²) in [5.41, 5.74) is 1.37. The van der Waals surface area contributed by atoms with Gasteiger partial charge in [0.2, 0.25) is 0 Å². The van der Waals surface area contributed by atoms with E-state index < -0.39 is 0 Å². The second-order valence-electron chi connectivity index (χ2n) is 8.18. The third-order valence-electron chi connectivity index (χ3n) is 5.45. The van der Waals surface area contributed by atoms with Gasteiger partial charge in [-0.1, -0.05) is 51.1 Å². The van der Waals surface area contributed by atoms with Crippen LogP contribution in [0.4, 0.5) is 0 Å². The van der Waals surface area contributed by atoms with Crippen molar-refractivity contribution in [3.05, 3.63) is 67.1 Å². The molecule has 0 N–H and O–H groups in total. The summed E-state index contributed by atoms with van der Waals surface area (Å²) in [5, 5.41) is 5.20. The van der Waals surface area contributed by atoms with Gasteiger partial charge in [-0.15, -0.1) is 0 Å². The van der Waals surface area contributed by atoms with Crippen LogP contribution in [-0.2, 0) is 0 Å². The molecule has 0 spiro atoms. The Kier molecular flexibility index (Phi) is 6.92. The third-order valence-corrected chi connectivity index (χ3v) is 6.44. The van der Waals surface area contributed by atoms with Crippen molar-refractivity contribution < 1.29 is 4.74 Å². The summed E-state index contributed by atoms with van der Waals surface area (Å²) in [7, 11) is 0. The third kappa shape index (κ3) is 5.09. The minimum absolute atomic E-state index is 0.0357. The van der Waals surface area contributed by atoms with Crippen LogP contribution in [0.1, 0.15) is 63.3 Å². The molecule has 0 bridgehead atoms. The number of ether oxygens (including phenoxy) is 1. The van der Waals surface area contributed by atoms with Gasteiger partial charge >= 0.3 is 0 Å². The van der Waals surface area contributed by atoms with Crippen LogP contribution < -0.4 is 10.3 Å². The maximum atomic E-state index is 13.4. The predicted molar refractivity (Wildman–Crippen MR) is 132 cm³/mol. The van der Waals surface area contributed by atoms with Crippen molar-refractivity contribution in [2.24, 2.45) is 5.10 Å². The Morgan fingerprint density at radius 3 is 2.55 bits per heavy atom. The number of halogens is 2. The molecule has 0 aliphatic heterocycles. The van der Waals surface area contributed by atoms with E-state index in [-0.39, 0.29) is 17.6 Å². The summed E-state index contributed by atoms with van der Waals surface area (Å²) in [6, 6.07) is 11.4. The van der Waals surface area contributed by atoms with E-state index in [1.807, 2.05) is 50.2 Å². The van der Waals surface area contributed by atoms with Gasteiger partial charge in [0.15, 0.2) is 0 Å². The number of rotatable bonds is 5. The standard InChI is InChI=1S/C24H25Br2N3O2/c1-15(2)31-22-11-9-18(25)12-17(22)14-27-29-23(16-6-4-3-5-7-16)28-21-10-8-19(26)13-20(21)24(29)30/h8-16H,3-7H2,1-2H3. The van der Waals surface area contributed by atoms with Crippen LogP contribution in [-0.4, -0.2) is 22.0 Å². The van der Waals surface area contributed by atoms with Crippen LogP contribution in [0.5, 0.6) is 5.75 Å². The van der Waals surface area contributed by atoms with E-state index in [2.05, 4.69) is 37.0 Å². The SMILES string of the molecule is CC(C)Oc1ccc(Br)cc1C=Nn1c(C2CCCCC2)nc2ccc(Br)cc2c1=O. The normalized spacial score (nSPS) is 15.3. The first kappa shape index (κ1) is 22.2. The number of hydrogen-bond acceptors (Lipinski definition) is 4. The Bertz CT molecular complexity index is 1180. The number of benzene rings is 2. The van der Waals surface area contributed by atoms with Crippen molar-refractivity contribution >= 4 is 49.0 Å². The minimum Gasteiger partial charge on any atom is -0.490 e. The molecule has 2 aromatic carbocycles. The molecule has 0 unspecified atom stereocenters. The van der Waals surface area contributed by atoms with Gasteiger partial charge in [0, 0.05) is 20.4 Å². The quantitative estimate of drug-likeness (QED) is 0.337. The van der Waals surface area contributed by atoms with E-state index in [0.29, 0.717) is 10.9 Å². The molecule has 0 amide bonds. The van der Waals surface area contributed by atoms with Gasteiger partial charge in [-0.25, -0.2) is 4.98 Å². The molecule has 7 heteroatoms. The van der Waals surface area contributed by atoms with E-state index in [1.165, 1.54) is 11.1 Å². The van der Waals surface area contributed by atoms with Crippen molar-refractivity contribution in [1.82, 2.24) is 9.66 Å². The molecule has 1 fully saturated rings. The zero-order valence-corrected chi connectivity index (χ0v) is 20.8. The van der Waals surface area contributed by atoms with E-state index in [0.717, 1.165) is 51.8 Å². The maximum Gasteiger partial charge on any atom is 0.282 e. The van der Waals surface area contributed by atoms with Crippen LogP contribution in [0.2, 0.25) is 0 Å². The first-order valence-electron chi connectivity index (χ1n) is 10.6. The topological polar surface area (TPSA) is 56.5 Å². The van der Waals surface area contributed by atoms with E-state index in [4.69, 9.17) is 9.72 Å². The molecular formula is C24H25Br2N3O2. The molecule has 1 aliphatic rings. The van der Waals surface area contributed by atoms with Crippen molar-refractivity contribution in [3.63, 3.8) is 0 Å². The van der Waals surface area contributed by atoms with Gasteiger partial charge in [0.1, 0.15) is 11.6 Å². The zero-order valence-electron chi connectivity index (χ0n) is 17.6. The number of hydrogen-bond donors (Lipinski definition) is 0. The second-order valence-corrected chi connectivity index (χ2v) is 10.0. The van der Waals surface area contributed by atoms with Crippen molar-refractivity contribution in [2.75, 3.05) is 0 Å². The number of aromatic nitrogens is 2. The van der Waals surface area contributed by atoms with Crippen molar-refractivity contribution in [1.29, 1.82) is 0 Å². The summed E-state index contributed by atoms with van der Waals surface area (Å²) < 4.78 is 9.19. The largest absolute Gasteiger partial charge is 0.490 e. The molecule has 31 heavy (non-hydrogen) atoms. The fourth-order valence-corrected chi connectivity index (χ4v) is 4.74. The number of nitrogens with zero attached hydrogens (tertiary/aromatic N) is 3. The van der Waals surface area contributed by atoms with Crippen molar-refractivity contribution in [3.8, 4) is 5.75 Å². The van der Waals surface area contributed by atoms with Gasteiger partial charge in [-0.2, -0.15) is 9.78 Å². The van der Waals surface area contributed by atoms with Crippen molar-refractivity contribution in [2.45, 2.75) is 58.0 Å². The summed E-state index contributed by atoms with van der Waals surface area (Å²) in [6.45, 7) is 3.97. The molecule has 0 atom stereocenters. The monoisotopic (exact) mass is 545 g/mol. The van der Waals surface area contributed by atoms with Crippen LogP contribution in [0, 0.1) is 0 Å². The fraction of sp³-hybridized carbons (Fsp3) is 0.375. The zero-order chi connectivity index (χ0) is 22.0. The Morgan fingerprint density at radius 2 is 1.81 bits per heavy atom. The van der Waals surface area contributed by atoms with Crippen LogP contribution in [0.15, 0.2) is 55.2 Å². The van der Waals surface area contributed by atoms with E-state index >= 15 is 0 Å². The molecule has 1 heterocycles.